The molecule has 0 heteroatoms. The summed E-state index contributed by atoms with van der Waals surface area (Å²) in [4.78, 5) is 0. The van der Waals surface area contributed by atoms with Gasteiger partial charge in [0.05, 0.1) is 0 Å². The zero-order chi connectivity index (χ0) is 6.97. The second-order valence-electron chi connectivity index (χ2n) is 3.83. The third-order valence-electron chi connectivity index (χ3n) is 3.16. The molecule has 0 radical (unpaired) electrons. The summed E-state index contributed by atoms with van der Waals surface area (Å²) in [6, 6.07) is 0. The molecule has 2 aliphatic carbocycles. The lowest BCUT2D eigenvalue weighted by molar-refractivity contribution is 0.404. The summed E-state index contributed by atoms with van der Waals surface area (Å²) in [5, 5.41) is 0. The Bertz CT molecular complexity index is 133. The van der Waals surface area contributed by atoms with Crippen LogP contribution >= 0.6 is 0 Å². The standard InChI is InChI=1S/C10H16/c1-2-8-4-3-5-10(8)9-6-7-9/h2,8-10H,1,3-7H2. The Labute approximate surface area is 63.3 Å². The Hall–Kier alpha value is -0.260. The lowest BCUT2D eigenvalue weighted by atomic mass is 9.92. The van der Waals surface area contributed by atoms with E-state index < -0.39 is 0 Å². The molecule has 0 spiro atoms. The van der Waals surface area contributed by atoms with Crippen molar-refractivity contribution in [2.24, 2.45) is 17.8 Å². The topological polar surface area (TPSA) is 0 Å². The van der Waals surface area contributed by atoms with Crippen LogP contribution in [-0.2, 0) is 0 Å². The van der Waals surface area contributed by atoms with Crippen LogP contribution in [0.5, 0.6) is 0 Å². The summed E-state index contributed by atoms with van der Waals surface area (Å²) in [6.45, 7) is 3.90. The van der Waals surface area contributed by atoms with Gasteiger partial charge in [-0.05, 0) is 43.4 Å². The summed E-state index contributed by atoms with van der Waals surface area (Å²) in [7, 11) is 0. The largest absolute Gasteiger partial charge is 0.103 e. The molecule has 0 aliphatic heterocycles. The summed E-state index contributed by atoms with van der Waals surface area (Å²) < 4.78 is 0. The van der Waals surface area contributed by atoms with Crippen LogP contribution in [-0.4, -0.2) is 0 Å². The molecule has 10 heavy (non-hydrogen) atoms. The second kappa shape index (κ2) is 2.41. The summed E-state index contributed by atoms with van der Waals surface area (Å²) in [5.74, 6) is 3.02. The van der Waals surface area contributed by atoms with Crippen molar-refractivity contribution < 1.29 is 0 Å². The maximum Gasteiger partial charge on any atom is -0.0205 e. The minimum atomic E-state index is 0.882. The molecule has 2 aliphatic rings. The van der Waals surface area contributed by atoms with E-state index in [1.54, 1.807) is 0 Å². The van der Waals surface area contributed by atoms with E-state index in [0.29, 0.717) is 0 Å². The lowest BCUT2D eigenvalue weighted by Crippen LogP contribution is -2.06. The maximum absolute atomic E-state index is 3.90. The van der Waals surface area contributed by atoms with Crippen molar-refractivity contribution in [2.45, 2.75) is 32.1 Å². The van der Waals surface area contributed by atoms with Gasteiger partial charge in [0.25, 0.3) is 0 Å². The molecule has 0 aromatic carbocycles. The molecule has 0 nitrogen and oxygen atoms in total. The van der Waals surface area contributed by atoms with Crippen molar-refractivity contribution in [3.63, 3.8) is 0 Å². The van der Waals surface area contributed by atoms with E-state index in [1.165, 1.54) is 32.1 Å². The molecular weight excluding hydrogens is 120 g/mol. The molecule has 2 rings (SSSR count). The fraction of sp³-hybridized carbons (Fsp3) is 0.800. The number of hydrogen-bond donors (Lipinski definition) is 0. The molecule has 56 valence electrons. The molecular formula is C10H16. The van der Waals surface area contributed by atoms with Crippen molar-refractivity contribution in [1.82, 2.24) is 0 Å². The molecule has 0 bridgehead atoms. The summed E-state index contributed by atoms with van der Waals surface area (Å²) in [6.07, 6.45) is 9.57. The van der Waals surface area contributed by atoms with Gasteiger partial charge in [-0.2, -0.15) is 0 Å². The van der Waals surface area contributed by atoms with Crippen LogP contribution in [0, 0.1) is 17.8 Å². The number of hydrogen-bond acceptors (Lipinski definition) is 0. The Morgan fingerprint density at radius 1 is 1.10 bits per heavy atom. The third-order valence-corrected chi connectivity index (χ3v) is 3.16. The van der Waals surface area contributed by atoms with Crippen LogP contribution in [0.4, 0.5) is 0 Å². The van der Waals surface area contributed by atoms with E-state index >= 15 is 0 Å². The highest BCUT2D eigenvalue weighted by Gasteiger charge is 2.37. The van der Waals surface area contributed by atoms with Crippen LogP contribution in [0.1, 0.15) is 32.1 Å². The molecule has 0 amide bonds. The van der Waals surface area contributed by atoms with Gasteiger partial charge in [-0.3, -0.25) is 0 Å². The fourth-order valence-corrected chi connectivity index (χ4v) is 2.42. The van der Waals surface area contributed by atoms with Crippen molar-refractivity contribution in [2.75, 3.05) is 0 Å². The van der Waals surface area contributed by atoms with Gasteiger partial charge in [-0.25, -0.2) is 0 Å². The van der Waals surface area contributed by atoms with Gasteiger partial charge in [-0.1, -0.05) is 12.5 Å². The SMILES string of the molecule is C=CC1CCCC1C1CC1. The average Bonchev–Trinajstić information content (AvgIpc) is 2.69. The van der Waals surface area contributed by atoms with E-state index in [1.807, 2.05) is 0 Å². The Morgan fingerprint density at radius 3 is 2.50 bits per heavy atom. The van der Waals surface area contributed by atoms with Gasteiger partial charge < -0.3 is 0 Å². The van der Waals surface area contributed by atoms with E-state index in [2.05, 4.69) is 12.7 Å². The van der Waals surface area contributed by atoms with Gasteiger partial charge >= 0.3 is 0 Å². The van der Waals surface area contributed by atoms with Gasteiger partial charge in [0.2, 0.25) is 0 Å². The normalized spacial score (nSPS) is 40.0. The molecule has 0 aromatic heterocycles. The molecule has 2 atom stereocenters. The zero-order valence-electron chi connectivity index (χ0n) is 6.55. The molecule has 2 unspecified atom stereocenters. The maximum atomic E-state index is 3.90. The molecule has 2 fully saturated rings. The fourth-order valence-electron chi connectivity index (χ4n) is 2.42. The van der Waals surface area contributed by atoms with Crippen LogP contribution in [0.25, 0.3) is 0 Å². The first-order valence-corrected chi connectivity index (χ1v) is 4.54. The minimum Gasteiger partial charge on any atom is -0.103 e. The first-order valence-electron chi connectivity index (χ1n) is 4.54. The van der Waals surface area contributed by atoms with Gasteiger partial charge in [0.15, 0.2) is 0 Å². The van der Waals surface area contributed by atoms with Gasteiger partial charge in [-0.15, -0.1) is 6.58 Å². The van der Waals surface area contributed by atoms with Crippen LogP contribution < -0.4 is 0 Å². The molecule has 0 saturated heterocycles. The molecule has 0 heterocycles. The predicted molar refractivity (Wildman–Crippen MR) is 43.8 cm³/mol. The minimum absolute atomic E-state index is 0.882. The van der Waals surface area contributed by atoms with E-state index in [0.717, 1.165) is 17.8 Å². The first kappa shape index (κ1) is 6.45. The zero-order valence-corrected chi connectivity index (χ0v) is 6.55. The Morgan fingerprint density at radius 2 is 1.90 bits per heavy atom. The summed E-state index contributed by atoms with van der Waals surface area (Å²) in [5.41, 5.74) is 0. The Kier molecular flexibility index (Phi) is 1.55. The predicted octanol–water partition coefficient (Wildman–Crippen LogP) is 3.00. The van der Waals surface area contributed by atoms with Crippen molar-refractivity contribution in [3.05, 3.63) is 12.7 Å². The summed E-state index contributed by atoms with van der Waals surface area (Å²) >= 11 is 0. The lowest BCUT2D eigenvalue weighted by Gasteiger charge is -2.13. The van der Waals surface area contributed by atoms with Gasteiger partial charge in [0.1, 0.15) is 0 Å². The molecule has 0 N–H and O–H groups in total. The highest BCUT2D eigenvalue weighted by molar-refractivity contribution is 4.95. The van der Waals surface area contributed by atoms with E-state index in [-0.39, 0.29) is 0 Å². The van der Waals surface area contributed by atoms with Crippen molar-refractivity contribution in [3.8, 4) is 0 Å². The smallest absolute Gasteiger partial charge is 0.0205 e. The van der Waals surface area contributed by atoms with E-state index in [4.69, 9.17) is 0 Å². The van der Waals surface area contributed by atoms with Crippen molar-refractivity contribution >= 4 is 0 Å². The molecule has 2 saturated carbocycles. The third kappa shape index (κ3) is 1.00. The number of rotatable bonds is 2. The monoisotopic (exact) mass is 136 g/mol. The van der Waals surface area contributed by atoms with Crippen LogP contribution in [0.2, 0.25) is 0 Å². The van der Waals surface area contributed by atoms with E-state index in [9.17, 15) is 0 Å². The van der Waals surface area contributed by atoms with Crippen LogP contribution in [0.15, 0.2) is 12.7 Å². The highest BCUT2D eigenvalue weighted by Crippen LogP contribution is 2.48. The highest BCUT2D eigenvalue weighted by atomic mass is 14.4. The van der Waals surface area contributed by atoms with Crippen LogP contribution in [0.3, 0.4) is 0 Å². The average molecular weight is 136 g/mol. The second-order valence-corrected chi connectivity index (χ2v) is 3.83. The van der Waals surface area contributed by atoms with Gasteiger partial charge in [0, 0.05) is 0 Å². The first-order chi connectivity index (χ1) is 4.92. The number of allylic oxidation sites excluding steroid dienone is 1. The molecule has 0 aromatic rings. The van der Waals surface area contributed by atoms with Crippen molar-refractivity contribution in [1.29, 1.82) is 0 Å². The Balaban J connectivity index is 1.97. The quantitative estimate of drug-likeness (QED) is 0.512.